The minimum absolute atomic E-state index is 0.271. The lowest BCUT2D eigenvalue weighted by atomic mass is 10.2. The van der Waals surface area contributed by atoms with Crippen LogP contribution in [0.25, 0.3) is 0 Å². The quantitative estimate of drug-likeness (QED) is 0.694. The molecule has 148 valence electrons. The summed E-state index contributed by atoms with van der Waals surface area (Å²) in [4.78, 5) is 23.9. The topological polar surface area (TPSA) is 79.4 Å². The van der Waals surface area contributed by atoms with Crippen LogP contribution in [0.5, 0.6) is 0 Å². The molecule has 7 heteroatoms. The van der Waals surface area contributed by atoms with Crippen molar-refractivity contribution in [3.63, 3.8) is 0 Å². The number of aromatic nitrogens is 2. The first-order valence-electron chi connectivity index (χ1n) is 9.60. The van der Waals surface area contributed by atoms with E-state index in [-0.39, 0.29) is 5.91 Å². The predicted octanol–water partition coefficient (Wildman–Crippen LogP) is 3.62. The van der Waals surface area contributed by atoms with Gasteiger partial charge in [0.2, 0.25) is 0 Å². The van der Waals surface area contributed by atoms with Crippen molar-refractivity contribution < 1.29 is 9.53 Å². The molecule has 2 N–H and O–H groups in total. The van der Waals surface area contributed by atoms with E-state index in [2.05, 4.69) is 25.5 Å². The number of rotatable bonds is 5. The molecule has 0 atom stereocenters. The number of ether oxygens (including phenoxy) is 1. The number of carbonyl (C=O) groups excluding carboxylic acids is 1. The van der Waals surface area contributed by atoms with Gasteiger partial charge in [0.15, 0.2) is 0 Å². The molecule has 0 radical (unpaired) electrons. The zero-order chi connectivity index (χ0) is 20.1. The Balaban J connectivity index is 1.55. The van der Waals surface area contributed by atoms with Crippen molar-refractivity contribution in [3.05, 3.63) is 72.2 Å². The van der Waals surface area contributed by atoms with Crippen LogP contribution in [0.15, 0.2) is 60.7 Å². The van der Waals surface area contributed by atoms with Gasteiger partial charge in [0.05, 0.1) is 24.6 Å². The van der Waals surface area contributed by atoms with Gasteiger partial charge in [-0.25, -0.2) is 9.97 Å². The number of morpholine rings is 1. The predicted molar refractivity (Wildman–Crippen MR) is 114 cm³/mol. The SMILES string of the molecule is Cc1nc(Nc2ccccc2)cc(C(=O)Nc2ccccc2N2CCOCC2)n1. The molecule has 1 aliphatic rings. The standard InChI is InChI=1S/C22H23N5O2/c1-16-23-19(15-21(24-16)25-17-7-3-2-4-8-17)22(28)26-18-9-5-6-10-20(18)27-11-13-29-14-12-27/h2-10,15H,11-14H2,1H3,(H,26,28)(H,23,24,25). The summed E-state index contributed by atoms with van der Waals surface area (Å²) in [6.45, 7) is 4.73. The molecule has 1 saturated heterocycles. The van der Waals surface area contributed by atoms with Gasteiger partial charge >= 0.3 is 0 Å². The molecule has 7 nitrogen and oxygen atoms in total. The molecule has 2 aromatic carbocycles. The van der Waals surface area contributed by atoms with Crippen LogP contribution >= 0.6 is 0 Å². The fraction of sp³-hybridized carbons (Fsp3) is 0.227. The molecule has 0 unspecified atom stereocenters. The first kappa shape index (κ1) is 18.9. The number of hydrogen-bond donors (Lipinski definition) is 2. The molecular weight excluding hydrogens is 366 g/mol. The highest BCUT2D eigenvalue weighted by molar-refractivity contribution is 6.05. The molecule has 29 heavy (non-hydrogen) atoms. The number of aryl methyl sites for hydroxylation is 1. The van der Waals surface area contributed by atoms with Gasteiger partial charge in [0.25, 0.3) is 5.91 Å². The molecule has 1 aliphatic heterocycles. The zero-order valence-electron chi connectivity index (χ0n) is 16.3. The van der Waals surface area contributed by atoms with E-state index in [4.69, 9.17) is 4.74 Å². The van der Waals surface area contributed by atoms with Crippen LogP contribution in [0.1, 0.15) is 16.3 Å². The second-order valence-electron chi connectivity index (χ2n) is 6.75. The first-order valence-corrected chi connectivity index (χ1v) is 9.60. The van der Waals surface area contributed by atoms with Crippen molar-refractivity contribution in [3.8, 4) is 0 Å². The van der Waals surface area contributed by atoms with Crippen molar-refractivity contribution in [2.24, 2.45) is 0 Å². The van der Waals surface area contributed by atoms with Crippen LogP contribution in [0.4, 0.5) is 22.9 Å². The number of nitrogens with one attached hydrogen (secondary N) is 2. The average Bonchev–Trinajstić information content (AvgIpc) is 2.75. The lowest BCUT2D eigenvalue weighted by Gasteiger charge is -2.30. The number of benzene rings is 2. The monoisotopic (exact) mass is 389 g/mol. The number of hydrogen-bond acceptors (Lipinski definition) is 6. The Kier molecular flexibility index (Phi) is 5.67. The Hall–Kier alpha value is -3.45. The second kappa shape index (κ2) is 8.70. The number of para-hydroxylation sites is 3. The highest BCUT2D eigenvalue weighted by atomic mass is 16.5. The smallest absolute Gasteiger partial charge is 0.274 e. The maximum Gasteiger partial charge on any atom is 0.274 e. The molecule has 4 rings (SSSR count). The summed E-state index contributed by atoms with van der Waals surface area (Å²) >= 11 is 0. The highest BCUT2D eigenvalue weighted by Gasteiger charge is 2.17. The molecule has 1 aromatic heterocycles. The summed E-state index contributed by atoms with van der Waals surface area (Å²) < 4.78 is 5.43. The summed E-state index contributed by atoms with van der Waals surface area (Å²) in [7, 11) is 0. The van der Waals surface area contributed by atoms with Gasteiger partial charge < -0.3 is 20.3 Å². The Labute approximate surface area is 169 Å². The van der Waals surface area contributed by atoms with Crippen molar-refractivity contribution in [1.29, 1.82) is 0 Å². The molecule has 0 aliphatic carbocycles. The normalized spacial score (nSPS) is 13.8. The zero-order valence-corrected chi connectivity index (χ0v) is 16.3. The number of anilines is 4. The fourth-order valence-electron chi connectivity index (χ4n) is 3.26. The fourth-order valence-corrected chi connectivity index (χ4v) is 3.26. The Morgan fingerprint density at radius 3 is 2.52 bits per heavy atom. The van der Waals surface area contributed by atoms with Crippen molar-refractivity contribution in [1.82, 2.24) is 9.97 Å². The van der Waals surface area contributed by atoms with Gasteiger partial charge in [-0.3, -0.25) is 4.79 Å². The van der Waals surface area contributed by atoms with Gasteiger partial charge in [-0.15, -0.1) is 0 Å². The van der Waals surface area contributed by atoms with E-state index in [1.54, 1.807) is 13.0 Å². The van der Waals surface area contributed by atoms with E-state index in [1.807, 2.05) is 54.6 Å². The van der Waals surface area contributed by atoms with Crippen molar-refractivity contribution >= 4 is 28.8 Å². The van der Waals surface area contributed by atoms with Gasteiger partial charge in [-0.05, 0) is 31.2 Å². The van der Waals surface area contributed by atoms with Crippen molar-refractivity contribution in [2.75, 3.05) is 41.8 Å². The number of nitrogens with zero attached hydrogens (tertiary/aromatic N) is 3. The van der Waals surface area contributed by atoms with Crippen LogP contribution in [0.3, 0.4) is 0 Å². The van der Waals surface area contributed by atoms with E-state index >= 15 is 0 Å². The largest absolute Gasteiger partial charge is 0.378 e. The Bertz CT molecular complexity index is 988. The van der Waals surface area contributed by atoms with Crippen molar-refractivity contribution in [2.45, 2.75) is 6.92 Å². The molecule has 0 bridgehead atoms. The molecule has 0 saturated carbocycles. The van der Waals surface area contributed by atoms with Gasteiger partial charge in [0.1, 0.15) is 17.3 Å². The summed E-state index contributed by atoms with van der Waals surface area (Å²) in [5.41, 5.74) is 2.95. The maximum atomic E-state index is 12.9. The third kappa shape index (κ3) is 4.70. The molecule has 2 heterocycles. The molecule has 3 aromatic rings. The van der Waals surface area contributed by atoms with Crippen LogP contribution in [-0.4, -0.2) is 42.2 Å². The third-order valence-electron chi connectivity index (χ3n) is 4.62. The maximum absolute atomic E-state index is 12.9. The average molecular weight is 389 g/mol. The van der Waals surface area contributed by atoms with Crippen LogP contribution in [0, 0.1) is 6.92 Å². The minimum Gasteiger partial charge on any atom is -0.378 e. The van der Waals surface area contributed by atoms with E-state index < -0.39 is 0 Å². The van der Waals surface area contributed by atoms with Crippen LogP contribution < -0.4 is 15.5 Å². The first-order chi connectivity index (χ1) is 14.2. The summed E-state index contributed by atoms with van der Waals surface area (Å²) in [6, 6.07) is 19.2. The second-order valence-corrected chi connectivity index (χ2v) is 6.75. The summed E-state index contributed by atoms with van der Waals surface area (Å²) in [5.74, 6) is 0.834. The van der Waals surface area contributed by atoms with E-state index in [1.165, 1.54) is 0 Å². The van der Waals surface area contributed by atoms with Gasteiger partial charge in [-0.1, -0.05) is 30.3 Å². The highest BCUT2D eigenvalue weighted by Crippen LogP contribution is 2.27. The number of carbonyl (C=O) groups is 1. The van der Waals surface area contributed by atoms with E-state index in [0.29, 0.717) is 30.5 Å². The summed E-state index contributed by atoms with van der Waals surface area (Å²) in [5, 5.41) is 6.22. The third-order valence-corrected chi connectivity index (χ3v) is 4.62. The Morgan fingerprint density at radius 2 is 1.72 bits per heavy atom. The van der Waals surface area contributed by atoms with Crippen LogP contribution in [0.2, 0.25) is 0 Å². The Morgan fingerprint density at radius 1 is 1.00 bits per heavy atom. The lowest BCUT2D eigenvalue weighted by molar-refractivity contribution is 0.102. The van der Waals surface area contributed by atoms with E-state index in [0.717, 1.165) is 30.2 Å². The molecule has 1 fully saturated rings. The van der Waals surface area contributed by atoms with Gasteiger partial charge in [0, 0.05) is 24.8 Å². The number of amides is 1. The summed E-state index contributed by atoms with van der Waals surface area (Å²) in [6.07, 6.45) is 0. The lowest BCUT2D eigenvalue weighted by Crippen LogP contribution is -2.36. The molecule has 0 spiro atoms. The van der Waals surface area contributed by atoms with E-state index in [9.17, 15) is 4.79 Å². The molecule has 1 amide bonds. The minimum atomic E-state index is -0.271. The van der Waals surface area contributed by atoms with Crippen LogP contribution in [-0.2, 0) is 4.74 Å². The van der Waals surface area contributed by atoms with Gasteiger partial charge in [-0.2, -0.15) is 0 Å². The molecular formula is C22H23N5O2.